The molecule has 5 rings (SSSR count). The molecular formula is C19H25N3O2. The summed E-state index contributed by atoms with van der Waals surface area (Å²) in [6.07, 6.45) is 4.00. The molecule has 24 heavy (non-hydrogen) atoms. The Bertz CT molecular complexity index is 690. The van der Waals surface area contributed by atoms with Crippen LogP contribution in [0.2, 0.25) is 0 Å². The summed E-state index contributed by atoms with van der Waals surface area (Å²) >= 11 is 0. The molecule has 4 heterocycles. The summed E-state index contributed by atoms with van der Waals surface area (Å²) < 4.78 is 12.3. The molecule has 5 heteroatoms. The molecule has 128 valence electrons. The van der Waals surface area contributed by atoms with Crippen molar-refractivity contribution in [2.45, 2.75) is 51.0 Å². The van der Waals surface area contributed by atoms with E-state index in [2.05, 4.69) is 35.0 Å². The van der Waals surface area contributed by atoms with E-state index in [1.54, 1.807) is 0 Å². The lowest BCUT2D eigenvalue weighted by molar-refractivity contribution is 0.0604. The van der Waals surface area contributed by atoms with E-state index in [0.717, 1.165) is 62.5 Å². The first-order valence-corrected chi connectivity index (χ1v) is 8.99. The fourth-order valence-corrected chi connectivity index (χ4v) is 3.88. The highest BCUT2D eigenvalue weighted by molar-refractivity contribution is 5.32. The molecule has 5 nitrogen and oxygen atoms in total. The molecule has 3 aliphatic rings. The van der Waals surface area contributed by atoms with Crippen molar-refractivity contribution in [3.8, 4) is 5.75 Å². The van der Waals surface area contributed by atoms with Gasteiger partial charge in [-0.3, -0.25) is 0 Å². The van der Waals surface area contributed by atoms with Crippen molar-refractivity contribution in [2.24, 2.45) is 0 Å². The number of aryl methyl sites for hydroxylation is 1. The van der Waals surface area contributed by atoms with E-state index >= 15 is 0 Å². The number of hydrogen-bond donors (Lipinski definition) is 0. The number of nitrogens with zero attached hydrogens (tertiary/aromatic N) is 3. The maximum atomic E-state index is 6.15. The minimum absolute atomic E-state index is 0.0982. The molecule has 0 saturated carbocycles. The van der Waals surface area contributed by atoms with Gasteiger partial charge in [-0.2, -0.15) is 0 Å². The van der Waals surface area contributed by atoms with E-state index in [4.69, 9.17) is 9.15 Å². The van der Waals surface area contributed by atoms with Crippen LogP contribution in [0.1, 0.15) is 56.1 Å². The number of aromatic nitrogens is 2. The molecule has 1 aromatic heterocycles. The predicted octanol–water partition coefficient (Wildman–Crippen LogP) is 3.65. The Labute approximate surface area is 143 Å². The zero-order valence-corrected chi connectivity index (χ0v) is 14.5. The molecule has 0 radical (unpaired) electrons. The molecular weight excluding hydrogens is 302 g/mol. The average molecular weight is 327 g/mol. The Hall–Kier alpha value is -1.88. The quantitative estimate of drug-likeness (QED) is 0.839. The number of ether oxygens (including phenoxy) is 1. The van der Waals surface area contributed by atoms with Crippen LogP contribution in [0, 0.1) is 6.92 Å². The standard InChI is InChI=1S/C19H25N3O2/c1-3-15(23-16-7-5-4-6-14(16)2)17-20-21-18(24-17)19-8-11-22(12-9-19)13-10-19/h4-7,15H,3,8-13H2,1-2H3. The smallest absolute Gasteiger partial charge is 0.256 e. The lowest BCUT2D eigenvalue weighted by atomic mass is 9.72. The zero-order valence-electron chi connectivity index (χ0n) is 14.5. The lowest BCUT2D eigenvalue weighted by Gasteiger charge is -2.46. The number of rotatable bonds is 5. The van der Waals surface area contributed by atoms with Gasteiger partial charge in [0.1, 0.15) is 5.75 Å². The Morgan fingerprint density at radius 3 is 2.54 bits per heavy atom. The third kappa shape index (κ3) is 2.71. The van der Waals surface area contributed by atoms with Gasteiger partial charge in [0.05, 0.1) is 5.41 Å². The van der Waals surface area contributed by atoms with E-state index in [1.165, 1.54) is 0 Å². The molecule has 3 fully saturated rings. The minimum Gasteiger partial charge on any atom is -0.480 e. The molecule has 1 atom stereocenters. The van der Waals surface area contributed by atoms with Crippen LogP contribution in [0.15, 0.2) is 28.7 Å². The van der Waals surface area contributed by atoms with E-state index in [0.29, 0.717) is 5.89 Å². The van der Waals surface area contributed by atoms with Gasteiger partial charge in [-0.25, -0.2) is 0 Å². The van der Waals surface area contributed by atoms with Crippen LogP contribution in [0.25, 0.3) is 0 Å². The third-order valence-corrected chi connectivity index (χ3v) is 5.62. The molecule has 2 aromatic rings. The molecule has 2 bridgehead atoms. The van der Waals surface area contributed by atoms with E-state index in [-0.39, 0.29) is 11.5 Å². The second-order valence-corrected chi connectivity index (χ2v) is 7.10. The van der Waals surface area contributed by atoms with Crippen molar-refractivity contribution in [3.05, 3.63) is 41.6 Å². The average Bonchev–Trinajstić information content (AvgIpc) is 3.13. The predicted molar refractivity (Wildman–Crippen MR) is 91.1 cm³/mol. The van der Waals surface area contributed by atoms with Crippen molar-refractivity contribution < 1.29 is 9.15 Å². The van der Waals surface area contributed by atoms with Gasteiger partial charge in [0.15, 0.2) is 6.10 Å². The monoisotopic (exact) mass is 327 g/mol. The van der Waals surface area contributed by atoms with E-state index in [9.17, 15) is 0 Å². The van der Waals surface area contributed by atoms with Gasteiger partial charge in [0.2, 0.25) is 5.89 Å². The number of para-hydroxylation sites is 1. The minimum atomic E-state index is -0.188. The van der Waals surface area contributed by atoms with Gasteiger partial charge in [-0.05, 0) is 63.9 Å². The largest absolute Gasteiger partial charge is 0.480 e. The van der Waals surface area contributed by atoms with Crippen molar-refractivity contribution >= 4 is 0 Å². The van der Waals surface area contributed by atoms with Crippen LogP contribution >= 0.6 is 0 Å². The fourth-order valence-electron chi connectivity index (χ4n) is 3.88. The molecule has 3 saturated heterocycles. The summed E-state index contributed by atoms with van der Waals surface area (Å²) in [5.41, 5.74) is 1.22. The van der Waals surface area contributed by atoms with Gasteiger partial charge >= 0.3 is 0 Å². The fraction of sp³-hybridized carbons (Fsp3) is 0.579. The Kier molecular flexibility index (Phi) is 4.04. The van der Waals surface area contributed by atoms with Gasteiger partial charge in [0, 0.05) is 0 Å². The highest BCUT2D eigenvalue weighted by atomic mass is 16.5. The van der Waals surface area contributed by atoms with Gasteiger partial charge < -0.3 is 14.1 Å². The second kappa shape index (κ2) is 6.20. The number of fused-ring (bicyclic) bond motifs is 3. The van der Waals surface area contributed by atoms with Crippen LogP contribution in [0.4, 0.5) is 0 Å². The van der Waals surface area contributed by atoms with Crippen LogP contribution in [0.3, 0.4) is 0 Å². The lowest BCUT2D eigenvalue weighted by Crippen LogP contribution is -2.50. The first-order valence-electron chi connectivity index (χ1n) is 8.99. The van der Waals surface area contributed by atoms with Crippen LogP contribution in [0.5, 0.6) is 5.75 Å². The Balaban J connectivity index is 1.55. The summed E-state index contributed by atoms with van der Waals surface area (Å²) in [6, 6.07) is 8.05. The highest BCUT2D eigenvalue weighted by Gasteiger charge is 2.45. The molecule has 0 spiro atoms. The Morgan fingerprint density at radius 2 is 1.88 bits per heavy atom. The summed E-state index contributed by atoms with van der Waals surface area (Å²) in [5, 5.41) is 8.77. The van der Waals surface area contributed by atoms with Crippen molar-refractivity contribution in [2.75, 3.05) is 19.6 Å². The molecule has 1 aromatic carbocycles. The maximum Gasteiger partial charge on any atom is 0.256 e. The zero-order chi connectivity index (χ0) is 16.6. The van der Waals surface area contributed by atoms with E-state index in [1.807, 2.05) is 18.2 Å². The first-order chi connectivity index (χ1) is 11.7. The molecule has 0 amide bonds. The second-order valence-electron chi connectivity index (χ2n) is 7.10. The van der Waals surface area contributed by atoms with Crippen LogP contribution in [-0.4, -0.2) is 34.7 Å². The topological polar surface area (TPSA) is 51.4 Å². The molecule has 0 N–H and O–H groups in total. The normalized spacial score (nSPS) is 27.2. The summed E-state index contributed by atoms with van der Waals surface area (Å²) in [5.74, 6) is 2.31. The third-order valence-electron chi connectivity index (χ3n) is 5.62. The molecule has 1 unspecified atom stereocenters. The Morgan fingerprint density at radius 1 is 1.17 bits per heavy atom. The van der Waals surface area contributed by atoms with Crippen LogP contribution < -0.4 is 4.74 Å². The summed E-state index contributed by atoms with van der Waals surface area (Å²) in [7, 11) is 0. The maximum absolute atomic E-state index is 6.15. The number of benzene rings is 1. The van der Waals surface area contributed by atoms with Crippen molar-refractivity contribution in [1.82, 2.24) is 15.1 Å². The van der Waals surface area contributed by atoms with Crippen molar-refractivity contribution in [1.29, 1.82) is 0 Å². The van der Waals surface area contributed by atoms with Gasteiger partial charge in [-0.1, -0.05) is 25.1 Å². The number of piperidine rings is 3. The molecule has 0 aliphatic carbocycles. The SMILES string of the molecule is CCC(Oc1ccccc1C)c1nnc(C23CCN(CC2)CC3)o1. The molecule has 3 aliphatic heterocycles. The summed E-state index contributed by atoms with van der Waals surface area (Å²) in [6.45, 7) is 7.58. The number of hydrogen-bond acceptors (Lipinski definition) is 5. The van der Waals surface area contributed by atoms with Crippen LogP contribution in [-0.2, 0) is 5.41 Å². The first kappa shape index (κ1) is 15.6. The highest BCUT2D eigenvalue weighted by Crippen LogP contribution is 2.42. The van der Waals surface area contributed by atoms with Gasteiger partial charge in [-0.15, -0.1) is 10.2 Å². The van der Waals surface area contributed by atoms with Gasteiger partial charge in [0.25, 0.3) is 5.89 Å². The summed E-state index contributed by atoms with van der Waals surface area (Å²) in [4.78, 5) is 2.52. The van der Waals surface area contributed by atoms with Crippen molar-refractivity contribution in [3.63, 3.8) is 0 Å². The van der Waals surface area contributed by atoms with E-state index < -0.39 is 0 Å².